The highest BCUT2D eigenvalue weighted by Crippen LogP contribution is 2.66. The zero-order valence-corrected chi connectivity index (χ0v) is 14.0. The van der Waals surface area contributed by atoms with Crippen molar-refractivity contribution >= 4 is 0 Å². The van der Waals surface area contributed by atoms with Crippen molar-refractivity contribution in [3.63, 3.8) is 0 Å². The third-order valence-electron chi connectivity index (χ3n) is 8.63. The fourth-order valence-corrected chi connectivity index (χ4v) is 7.25. The van der Waals surface area contributed by atoms with Crippen LogP contribution in [0.1, 0.15) is 65.2 Å². The van der Waals surface area contributed by atoms with Crippen molar-refractivity contribution in [3.8, 4) is 0 Å². The van der Waals surface area contributed by atoms with E-state index in [0.29, 0.717) is 17.8 Å². The minimum Gasteiger partial charge on any atom is -0.393 e. The van der Waals surface area contributed by atoms with Crippen LogP contribution in [0.3, 0.4) is 0 Å². The lowest BCUT2D eigenvalue weighted by Crippen LogP contribution is -2.57. The number of fused-ring (bicyclic) bond motifs is 5. The number of aliphatic hydroxyl groups is 3. The highest BCUT2D eigenvalue weighted by atomic mass is 16.3. The Balaban J connectivity index is 1.63. The first-order valence-corrected chi connectivity index (χ1v) is 9.40. The largest absolute Gasteiger partial charge is 0.393 e. The summed E-state index contributed by atoms with van der Waals surface area (Å²) in [6.45, 7) is 4.71. The Bertz CT molecular complexity index is 452. The second kappa shape index (κ2) is 4.94. The van der Waals surface area contributed by atoms with Crippen LogP contribution in [0.5, 0.6) is 0 Å². The predicted molar refractivity (Wildman–Crippen MR) is 85.1 cm³/mol. The van der Waals surface area contributed by atoms with Crippen LogP contribution in [0.25, 0.3) is 0 Å². The van der Waals surface area contributed by atoms with E-state index >= 15 is 0 Å². The smallest absolute Gasteiger partial charge is 0.0804 e. The van der Waals surface area contributed by atoms with Crippen molar-refractivity contribution in [2.75, 3.05) is 0 Å². The molecule has 3 nitrogen and oxygen atoms in total. The van der Waals surface area contributed by atoms with Crippen LogP contribution < -0.4 is 0 Å². The number of aliphatic hydroxyl groups excluding tert-OH is 3. The molecule has 0 aromatic carbocycles. The molecule has 4 fully saturated rings. The third-order valence-corrected chi connectivity index (χ3v) is 8.63. The van der Waals surface area contributed by atoms with Gasteiger partial charge in [-0.25, -0.2) is 0 Å². The normalized spacial score (nSPS) is 61.2. The van der Waals surface area contributed by atoms with Gasteiger partial charge in [-0.15, -0.1) is 0 Å². The van der Waals surface area contributed by atoms with Gasteiger partial charge in [0.1, 0.15) is 0 Å². The van der Waals surface area contributed by atoms with Crippen molar-refractivity contribution in [3.05, 3.63) is 0 Å². The summed E-state index contributed by atoms with van der Waals surface area (Å²) < 4.78 is 0. The van der Waals surface area contributed by atoms with Crippen LogP contribution in [0.2, 0.25) is 0 Å². The zero-order valence-electron chi connectivity index (χ0n) is 14.0. The van der Waals surface area contributed by atoms with Gasteiger partial charge in [0, 0.05) is 0 Å². The molecule has 4 aliphatic rings. The van der Waals surface area contributed by atoms with E-state index in [1.165, 1.54) is 25.7 Å². The fraction of sp³-hybridized carbons (Fsp3) is 1.00. The first-order valence-electron chi connectivity index (χ1n) is 9.40. The molecule has 126 valence electrons. The summed E-state index contributed by atoms with van der Waals surface area (Å²) in [6, 6.07) is 0. The van der Waals surface area contributed by atoms with E-state index in [1.54, 1.807) is 0 Å². The molecule has 0 aromatic heterocycles. The molecule has 0 radical (unpaired) electrons. The Morgan fingerprint density at radius 3 is 2.27 bits per heavy atom. The molecular weight excluding hydrogens is 276 g/mol. The lowest BCUT2D eigenvalue weighted by Gasteiger charge is -2.61. The second-order valence-electron chi connectivity index (χ2n) is 9.37. The van der Waals surface area contributed by atoms with Gasteiger partial charge >= 0.3 is 0 Å². The Hall–Kier alpha value is -0.120. The maximum Gasteiger partial charge on any atom is 0.0804 e. The van der Waals surface area contributed by atoms with Gasteiger partial charge < -0.3 is 15.3 Å². The van der Waals surface area contributed by atoms with Gasteiger partial charge in [0.25, 0.3) is 0 Å². The summed E-state index contributed by atoms with van der Waals surface area (Å²) in [4.78, 5) is 0. The maximum absolute atomic E-state index is 10.5. The molecule has 0 bridgehead atoms. The van der Waals surface area contributed by atoms with E-state index < -0.39 is 12.2 Å². The maximum atomic E-state index is 10.5. The average molecular weight is 308 g/mol. The van der Waals surface area contributed by atoms with Gasteiger partial charge in [0.15, 0.2) is 0 Å². The molecule has 0 aromatic rings. The second-order valence-corrected chi connectivity index (χ2v) is 9.37. The quantitative estimate of drug-likeness (QED) is 0.645. The van der Waals surface area contributed by atoms with Crippen LogP contribution in [-0.2, 0) is 0 Å². The van der Waals surface area contributed by atoms with E-state index in [1.807, 2.05) is 0 Å². The van der Waals surface area contributed by atoms with E-state index in [9.17, 15) is 15.3 Å². The highest BCUT2D eigenvalue weighted by molar-refractivity contribution is 5.10. The molecule has 0 amide bonds. The number of hydrogen-bond donors (Lipinski definition) is 3. The molecule has 0 saturated heterocycles. The van der Waals surface area contributed by atoms with Gasteiger partial charge in [-0.05, 0) is 85.9 Å². The minimum absolute atomic E-state index is 0.109. The molecule has 4 aliphatic carbocycles. The summed E-state index contributed by atoms with van der Waals surface area (Å²) in [5.74, 6) is 2.64. The van der Waals surface area contributed by atoms with Gasteiger partial charge in [0.05, 0.1) is 18.3 Å². The monoisotopic (exact) mass is 308 g/mol. The first kappa shape index (κ1) is 15.4. The predicted octanol–water partition coefficient (Wildman–Crippen LogP) is 2.72. The van der Waals surface area contributed by atoms with Crippen LogP contribution >= 0.6 is 0 Å². The summed E-state index contributed by atoms with van der Waals surface area (Å²) in [7, 11) is 0. The SMILES string of the molecule is C[C@]12C[C@@H](O)[C@@H](O)C[C@@H]1CC[C@@H]1[C@@H]2CC[C@]2(C)[C@@H](O)CC[C@@H]12. The molecule has 0 unspecified atom stereocenters. The molecule has 9 atom stereocenters. The summed E-state index contributed by atoms with van der Waals surface area (Å²) in [5, 5.41) is 30.8. The molecule has 3 heteroatoms. The molecule has 4 rings (SSSR count). The third kappa shape index (κ3) is 1.91. The molecule has 0 heterocycles. The van der Waals surface area contributed by atoms with Crippen molar-refractivity contribution in [2.24, 2.45) is 34.5 Å². The molecular formula is C19H32O3. The van der Waals surface area contributed by atoms with Crippen molar-refractivity contribution in [2.45, 2.75) is 83.5 Å². The molecule has 3 N–H and O–H groups in total. The lowest BCUT2D eigenvalue weighted by molar-refractivity contribution is -0.162. The van der Waals surface area contributed by atoms with E-state index in [4.69, 9.17) is 0 Å². The van der Waals surface area contributed by atoms with Crippen LogP contribution in [0.15, 0.2) is 0 Å². The van der Waals surface area contributed by atoms with E-state index in [0.717, 1.165) is 31.6 Å². The zero-order chi connectivity index (χ0) is 15.7. The number of rotatable bonds is 0. The Morgan fingerprint density at radius 2 is 1.50 bits per heavy atom. The molecule has 0 aliphatic heterocycles. The highest BCUT2D eigenvalue weighted by Gasteiger charge is 2.60. The van der Waals surface area contributed by atoms with Gasteiger partial charge in [0.2, 0.25) is 0 Å². The standard InChI is InChI=1S/C19H32O3/c1-18-8-7-14-12(13(18)5-6-17(18)22)4-3-11-9-15(20)16(21)10-19(11,14)2/h11-17,20-22H,3-10H2,1-2H3/t11-,12-,13-,14-,15-,16+,17-,18-,19-/m0/s1. The van der Waals surface area contributed by atoms with Crippen LogP contribution in [-0.4, -0.2) is 33.6 Å². The average Bonchev–Trinajstić information content (AvgIpc) is 2.77. The van der Waals surface area contributed by atoms with Gasteiger partial charge in [-0.3, -0.25) is 0 Å². The summed E-state index contributed by atoms with van der Waals surface area (Å²) in [5.41, 5.74) is 0.327. The Labute approximate surface area is 134 Å². The van der Waals surface area contributed by atoms with E-state index in [2.05, 4.69) is 13.8 Å². The van der Waals surface area contributed by atoms with Gasteiger partial charge in [-0.2, -0.15) is 0 Å². The Morgan fingerprint density at radius 1 is 0.773 bits per heavy atom. The van der Waals surface area contributed by atoms with Crippen LogP contribution in [0.4, 0.5) is 0 Å². The topological polar surface area (TPSA) is 60.7 Å². The first-order chi connectivity index (χ1) is 10.4. The van der Waals surface area contributed by atoms with Crippen molar-refractivity contribution < 1.29 is 15.3 Å². The lowest BCUT2D eigenvalue weighted by atomic mass is 9.45. The summed E-state index contributed by atoms with van der Waals surface area (Å²) in [6.07, 6.45) is 7.35. The Kier molecular flexibility index (Phi) is 3.46. The van der Waals surface area contributed by atoms with E-state index in [-0.39, 0.29) is 16.9 Å². The molecule has 22 heavy (non-hydrogen) atoms. The fourth-order valence-electron chi connectivity index (χ4n) is 7.25. The minimum atomic E-state index is -0.539. The van der Waals surface area contributed by atoms with Crippen molar-refractivity contribution in [1.29, 1.82) is 0 Å². The van der Waals surface area contributed by atoms with Crippen molar-refractivity contribution in [1.82, 2.24) is 0 Å². The molecule has 4 saturated carbocycles. The summed E-state index contributed by atoms with van der Waals surface area (Å²) >= 11 is 0. The van der Waals surface area contributed by atoms with Crippen LogP contribution in [0, 0.1) is 34.5 Å². The van der Waals surface area contributed by atoms with Gasteiger partial charge in [-0.1, -0.05) is 13.8 Å². The molecule has 0 spiro atoms. The number of hydrogen-bond acceptors (Lipinski definition) is 3.